The van der Waals surface area contributed by atoms with Gasteiger partial charge in [-0.25, -0.2) is 0 Å². The maximum atomic E-state index is 13.3. The lowest BCUT2D eigenvalue weighted by Crippen LogP contribution is -2.27. The molecule has 0 unspecified atom stereocenters. The summed E-state index contributed by atoms with van der Waals surface area (Å²) in [6.07, 6.45) is 1.80. The number of carbonyl (C=O) groups is 1. The number of anilines is 1. The molecule has 0 saturated carbocycles. The molecule has 3 aromatic rings. The second-order valence-corrected chi connectivity index (χ2v) is 9.12. The predicted molar refractivity (Wildman–Crippen MR) is 137 cm³/mol. The smallest absolute Gasteiger partial charge is 0.270 e. The summed E-state index contributed by atoms with van der Waals surface area (Å²) in [6, 6.07) is 20.3. The fourth-order valence-electron chi connectivity index (χ4n) is 3.26. The minimum atomic E-state index is -0.221. The zero-order chi connectivity index (χ0) is 23.4. The lowest BCUT2D eigenvalue weighted by Gasteiger charge is -2.18. The average molecular weight is 498 g/mol. The molecule has 0 atom stereocenters. The highest BCUT2D eigenvalue weighted by Crippen LogP contribution is 2.41. The fourth-order valence-corrected chi connectivity index (χ4v) is 4.66. The van der Waals surface area contributed by atoms with Crippen LogP contribution in [0, 0.1) is 0 Å². The van der Waals surface area contributed by atoms with Crippen LogP contribution in [0.4, 0.5) is 5.69 Å². The fraction of sp³-hybridized carbons (Fsp3) is 0.120. The minimum absolute atomic E-state index is 0.221. The van der Waals surface area contributed by atoms with Gasteiger partial charge in [0.15, 0.2) is 4.32 Å². The van der Waals surface area contributed by atoms with E-state index in [0.29, 0.717) is 43.8 Å². The third-order valence-corrected chi connectivity index (χ3v) is 6.49. The molecular weight excluding hydrogens is 478 g/mol. The Bertz CT molecular complexity index is 1230. The lowest BCUT2D eigenvalue weighted by molar-refractivity contribution is -0.113. The number of thiocarbonyl (C=S) groups is 1. The molecule has 1 aliphatic rings. The van der Waals surface area contributed by atoms with Gasteiger partial charge in [-0.1, -0.05) is 65.9 Å². The second kappa shape index (κ2) is 10.3. The van der Waals surface area contributed by atoms with Gasteiger partial charge in [0.25, 0.3) is 5.91 Å². The first-order valence-electron chi connectivity index (χ1n) is 9.96. The van der Waals surface area contributed by atoms with Crippen molar-refractivity contribution in [3.05, 3.63) is 87.8 Å². The van der Waals surface area contributed by atoms with Crippen molar-refractivity contribution < 1.29 is 19.0 Å². The van der Waals surface area contributed by atoms with Crippen molar-refractivity contribution in [2.24, 2.45) is 0 Å². The van der Waals surface area contributed by atoms with Crippen molar-refractivity contribution in [3.63, 3.8) is 0 Å². The Morgan fingerprint density at radius 1 is 1.00 bits per heavy atom. The van der Waals surface area contributed by atoms with Crippen LogP contribution in [0.25, 0.3) is 6.08 Å². The van der Waals surface area contributed by atoms with Gasteiger partial charge in [0.05, 0.1) is 24.8 Å². The van der Waals surface area contributed by atoms with E-state index in [-0.39, 0.29) is 5.91 Å². The molecule has 0 N–H and O–H groups in total. The molecule has 3 aromatic carbocycles. The normalized spacial score (nSPS) is 14.6. The number of hydrogen-bond donors (Lipinski definition) is 0. The molecule has 168 valence electrons. The van der Waals surface area contributed by atoms with Crippen LogP contribution in [0.3, 0.4) is 0 Å². The topological polar surface area (TPSA) is 48.0 Å². The van der Waals surface area contributed by atoms with E-state index in [9.17, 15) is 4.79 Å². The lowest BCUT2D eigenvalue weighted by atomic mass is 10.1. The first-order chi connectivity index (χ1) is 16.0. The van der Waals surface area contributed by atoms with E-state index in [1.54, 1.807) is 38.5 Å². The van der Waals surface area contributed by atoms with Crippen molar-refractivity contribution in [1.82, 2.24) is 0 Å². The quantitative estimate of drug-likeness (QED) is 0.280. The summed E-state index contributed by atoms with van der Waals surface area (Å²) in [5.41, 5.74) is 2.34. The highest BCUT2D eigenvalue weighted by atomic mass is 35.5. The van der Waals surface area contributed by atoms with Gasteiger partial charge in [0.1, 0.15) is 23.9 Å². The van der Waals surface area contributed by atoms with E-state index < -0.39 is 0 Å². The summed E-state index contributed by atoms with van der Waals surface area (Å²) >= 11 is 12.7. The van der Waals surface area contributed by atoms with E-state index in [0.717, 1.165) is 11.1 Å². The third kappa shape index (κ3) is 5.16. The summed E-state index contributed by atoms with van der Waals surface area (Å²) in [4.78, 5) is 15.2. The van der Waals surface area contributed by atoms with Gasteiger partial charge in [-0.15, -0.1) is 0 Å². The van der Waals surface area contributed by atoms with Gasteiger partial charge in [0.2, 0.25) is 0 Å². The van der Waals surface area contributed by atoms with Crippen LogP contribution in [-0.2, 0) is 11.4 Å². The van der Waals surface area contributed by atoms with Crippen molar-refractivity contribution in [3.8, 4) is 17.2 Å². The minimum Gasteiger partial charge on any atom is -0.497 e. The van der Waals surface area contributed by atoms with Crippen LogP contribution in [0.1, 0.15) is 11.1 Å². The molecule has 1 amide bonds. The average Bonchev–Trinajstić information content (AvgIpc) is 3.11. The maximum Gasteiger partial charge on any atom is 0.270 e. The number of nitrogens with zero attached hydrogens (tertiary/aromatic N) is 1. The molecule has 0 radical (unpaired) electrons. The zero-order valence-corrected chi connectivity index (χ0v) is 20.3. The summed E-state index contributed by atoms with van der Waals surface area (Å²) in [5, 5.41) is 0.676. The number of methoxy groups -OCH3 is 2. The molecule has 0 aliphatic carbocycles. The summed E-state index contributed by atoms with van der Waals surface area (Å²) in [7, 11) is 3.11. The molecule has 0 spiro atoms. The number of benzene rings is 3. The molecule has 1 saturated heterocycles. The van der Waals surface area contributed by atoms with Crippen LogP contribution in [0.5, 0.6) is 17.2 Å². The van der Waals surface area contributed by atoms with Crippen molar-refractivity contribution >= 4 is 57.6 Å². The van der Waals surface area contributed by atoms with E-state index in [1.807, 2.05) is 48.5 Å². The molecule has 0 bridgehead atoms. The highest BCUT2D eigenvalue weighted by Gasteiger charge is 2.35. The molecule has 1 fully saturated rings. The Kier molecular flexibility index (Phi) is 7.23. The highest BCUT2D eigenvalue weighted by molar-refractivity contribution is 8.27. The summed E-state index contributed by atoms with van der Waals surface area (Å²) < 4.78 is 17.2. The SMILES string of the molecule is COc1ccc(N2C(=O)/C(=C/c3ccccc3OCc3ccc(Cl)cc3)SC2=S)c(OC)c1. The van der Waals surface area contributed by atoms with E-state index >= 15 is 0 Å². The monoisotopic (exact) mass is 497 g/mol. The molecule has 5 nitrogen and oxygen atoms in total. The summed E-state index contributed by atoms with van der Waals surface area (Å²) in [5.74, 6) is 1.57. The van der Waals surface area contributed by atoms with Gasteiger partial charge >= 0.3 is 0 Å². The number of carbonyl (C=O) groups excluding carboxylic acids is 1. The number of amides is 1. The van der Waals surface area contributed by atoms with Crippen LogP contribution in [0.2, 0.25) is 5.02 Å². The van der Waals surface area contributed by atoms with Gasteiger partial charge in [-0.3, -0.25) is 9.69 Å². The number of para-hydroxylation sites is 1. The van der Waals surface area contributed by atoms with Gasteiger partial charge in [-0.2, -0.15) is 0 Å². The van der Waals surface area contributed by atoms with Crippen LogP contribution < -0.4 is 19.1 Å². The molecule has 1 heterocycles. The standard InChI is InChI=1S/C25H20ClNO4S2/c1-29-19-11-12-20(22(14-19)30-2)27-24(28)23(33-25(27)32)13-17-5-3-4-6-21(17)31-15-16-7-9-18(26)10-8-16/h3-14H,15H2,1-2H3/b23-13-. The molecule has 8 heteroatoms. The van der Waals surface area contributed by atoms with Crippen LogP contribution in [0.15, 0.2) is 71.6 Å². The third-order valence-electron chi connectivity index (χ3n) is 4.93. The Labute approximate surface area is 206 Å². The second-order valence-electron chi connectivity index (χ2n) is 7.01. The van der Waals surface area contributed by atoms with Crippen molar-refractivity contribution in [2.45, 2.75) is 6.61 Å². The Morgan fingerprint density at radius 2 is 1.76 bits per heavy atom. The van der Waals surface area contributed by atoms with Gasteiger partial charge in [-0.05, 0) is 42.0 Å². The maximum absolute atomic E-state index is 13.3. The van der Waals surface area contributed by atoms with Crippen LogP contribution in [-0.4, -0.2) is 24.4 Å². The molecule has 33 heavy (non-hydrogen) atoms. The predicted octanol–water partition coefficient (Wildman–Crippen LogP) is 6.34. The van der Waals surface area contributed by atoms with Crippen molar-refractivity contribution in [1.29, 1.82) is 0 Å². The Morgan fingerprint density at radius 3 is 2.48 bits per heavy atom. The summed E-state index contributed by atoms with van der Waals surface area (Å²) in [6.45, 7) is 0.381. The Balaban J connectivity index is 1.59. The van der Waals surface area contributed by atoms with Gasteiger partial charge in [0, 0.05) is 16.7 Å². The number of halogens is 1. The first-order valence-corrected chi connectivity index (χ1v) is 11.6. The largest absolute Gasteiger partial charge is 0.497 e. The zero-order valence-electron chi connectivity index (χ0n) is 17.9. The van der Waals surface area contributed by atoms with Gasteiger partial charge < -0.3 is 14.2 Å². The number of ether oxygens (including phenoxy) is 3. The molecule has 4 rings (SSSR count). The number of rotatable bonds is 7. The number of thioether (sulfide) groups is 1. The van der Waals surface area contributed by atoms with E-state index in [1.165, 1.54) is 16.7 Å². The van der Waals surface area contributed by atoms with Crippen LogP contribution >= 0.6 is 35.6 Å². The van der Waals surface area contributed by atoms with Crippen molar-refractivity contribution in [2.75, 3.05) is 19.1 Å². The molecular formula is C25H20ClNO4S2. The first kappa shape index (κ1) is 23.2. The van der Waals surface area contributed by atoms with E-state index in [2.05, 4.69) is 0 Å². The molecule has 0 aromatic heterocycles. The molecule has 1 aliphatic heterocycles. The Hall–Kier alpha value is -3.00. The van der Waals surface area contributed by atoms with E-state index in [4.69, 9.17) is 38.0 Å². The number of hydrogen-bond acceptors (Lipinski definition) is 6.